The highest BCUT2D eigenvalue weighted by Gasteiger charge is 2.61. The molecule has 7 rings (SSSR count). The zero-order valence-corrected chi connectivity index (χ0v) is 34.0. The smallest absolute Gasteiger partial charge is 0.408 e. The van der Waals surface area contributed by atoms with Gasteiger partial charge in [0.15, 0.2) is 15.0 Å². The molecule has 15 nitrogen and oxygen atoms in total. The third kappa shape index (κ3) is 9.03. The second kappa shape index (κ2) is 16.6. The topological polar surface area (TPSA) is 206 Å². The number of benzene rings is 1. The first kappa shape index (κ1) is 40.4. The highest BCUT2D eigenvalue weighted by atomic mass is 32.2. The van der Waals surface area contributed by atoms with E-state index in [4.69, 9.17) is 14.5 Å². The van der Waals surface area contributed by atoms with Gasteiger partial charge in [0.2, 0.25) is 11.8 Å². The van der Waals surface area contributed by atoms with Crippen LogP contribution < -0.4 is 20.7 Å². The summed E-state index contributed by atoms with van der Waals surface area (Å²) in [5.41, 5.74) is -0.456. The van der Waals surface area contributed by atoms with Crippen molar-refractivity contribution in [2.24, 2.45) is 5.92 Å². The van der Waals surface area contributed by atoms with Gasteiger partial charge >= 0.3 is 12.1 Å². The number of carbonyl (C=O) groups excluding carboxylic acids is 3. The number of amides is 3. The standard InChI is InChI=1S/C40H50N6O9S2/c1-23(2)41-38-43-30(22-56-38)29-19-32(27-15-11-17-33(34(27)42-29)57(3,52)53)54-26-18-31-35(47)45-40(37(49)50)20-24(40)12-7-5-4-6-8-16-28(36(48)46(31)21-26)44-39(51)55-25-13-9-10-14-25/h7,11-12,15,17,19,22-26,28,31H,4-6,8-10,13-14,16,18,20-21H2,1-3H3,(H,41,43)(H,44,51)(H,45,47)(H,49,50)/b12-7-/t24-,26+,28+,31-,40+/m0/s1. The Morgan fingerprint density at radius 2 is 1.82 bits per heavy atom. The number of nitrogens with one attached hydrogen (secondary N) is 3. The molecule has 0 spiro atoms. The average molecular weight is 823 g/mol. The fraction of sp³-hybridized carbons (Fsp3) is 0.550. The Morgan fingerprint density at radius 3 is 2.56 bits per heavy atom. The van der Waals surface area contributed by atoms with Gasteiger partial charge in [-0.1, -0.05) is 31.1 Å². The molecule has 3 fully saturated rings. The Morgan fingerprint density at radius 1 is 1.05 bits per heavy atom. The normalized spacial score (nSPS) is 26.5. The summed E-state index contributed by atoms with van der Waals surface area (Å²) in [7, 11) is -3.73. The molecule has 0 unspecified atom stereocenters. The number of nitrogens with zero attached hydrogens (tertiary/aromatic N) is 3. The van der Waals surface area contributed by atoms with Crippen molar-refractivity contribution in [3.63, 3.8) is 0 Å². The van der Waals surface area contributed by atoms with E-state index in [2.05, 4.69) is 20.9 Å². The minimum Gasteiger partial charge on any atom is -0.488 e. The molecule has 1 saturated heterocycles. The maximum absolute atomic E-state index is 14.6. The lowest BCUT2D eigenvalue weighted by molar-refractivity contribution is -0.145. The minimum atomic E-state index is -3.73. The minimum absolute atomic E-state index is 0.00140. The molecule has 5 atom stereocenters. The number of anilines is 1. The summed E-state index contributed by atoms with van der Waals surface area (Å²) in [4.78, 5) is 65.3. The number of thiazole rings is 1. The second-order valence-electron chi connectivity index (χ2n) is 15.9. The van der Waals surface area contributed by atoms with Crippen molar-refractivity contribution < 1.29 is 42.2 Å². The van der Waals surface area contributed by atoms with Gasteiger partial charge in [0.1, 0.15) is 41.3 Å². The van der Waals surface area contributed by atoms with Gasteiger partial charge in [0.25, 0.3) is 0 Å². The quantitative estimate of drug-likeness (QED) is 0.199. The number of aromatic nitrogens is 2. The first-order valence-corrected chi connectivity index (χ1v) is 22.5. The van der Waals surface area contributed by atoms with Crippen LogP contribution in [0.2, 0.25) is 0 Å². The molecule has 0 radical (unpaired) electrons. The zero-order valence-electron chi connectivity index (χ0n) is 32.4. The molecule has 57 heavy (non-hydrogen) atoms. The SMILES string of the molecule is CC(C)Nc1nc(-c2cc(O[C@@H]3C[C@H]4C(=O)N[C@]5(C(=O)O)C[C@@H]5/C=C\CCCCC[C@@H](NC(=O)OC5CCCC5)C(=O)N4C3)c3cccc(S(C)(=O)=O)c3n2)cs1. The number of fused-ring (bicyclic) bond motifs is 3. The van der Waals surface area contributed by atoms with Gasteiger partial charge in [-0.05, 0) is 77.3 Å². The van der Waals surface area contributed by atoms with E-state index >= 15 is 0 Å². The molecular weight excluding hydrogens is 773 g/mol. The summed E-state index contributed by atoms with van der Waals surface area (Å²) in [6.45, 7) is 3.91. The van der Waals surface area contributed by atoms with Crippen LogP contribution in [-0.2, 0) is 29.0 Å². The van der Waals surface area contributed by atoms with E-state index in [0.29, 0.717) is 34.7 Å². The van der Waals surface area contributed by atoms with Gasteiger partial charge < -0.3 is 35.4 Å². The third-order valence-electron chi connectivity index (χ3n) is 11.1. The molecule has 4 N–H and O–H groups in total. The number of hydrogen-bond donors (Lipinski definition) is 4. The number of aliphatic carboxylic acids is 1. The average Bonchev–Trinajstić information content (AvgIpc) is 3.58. The van der Waals surface area contributed by atoms with Crippen molar-refractivity contribution in [1.82, 2.24) is 25.5 Å². The first-order chi connectivity index (χ1) is 27.2. The van der Waals surface area contributed by atoms with E-state index in [9.17, 15) is 32.7 Å². The summed E-state index contributed by atoms with van der Waals surface area (Å²) < 4.78 is 38.3. The van der Waals surface area contributed by atoms with Crippen LogP contribution >= 0.6 is 11.3 Å². The van der Waals surface area contributed by atoms with Gasteiger partial charge in [0, 0.05) is 41.5 Å². The van der Waals surface area contributed by atoms with Crippen molar-refractivity contribution in [1.29, 1.82) is 0 Å². The van der Waals surface area contributed by atoms with Gasteiger partial charge in [-0.15, -0.1) is 11.3 Å². The summed E-state index contributed by atoms with van der Waals surface area (Å²) in [5, 5.41) is 22.0. The highest BCUT2D eigenvalue weighted by Crippen LogP contribution is 2.45. The van der Waals surface area contributed by atoms with E-state index in [1.165, 1.54) is 22.3 Å². The fourth-order valence-corrected chi connectivity index (χ4v) is 9.77. The van der Waals surface area contributed by atoms with Crippen molar-refractivity contribution in [3.8, 4) is 17.1 Å². The molecule has 1 aromatic carbocycles. The summed E-state index contributed by atoms with van der Waals surface area (Å²) in [5.74, 6) is -2.41. The molecule has 4 heterocycles. The van der Waals surface area contributed by atoms with Gasteiger partial charge in [-0.2, -0.15) is 0 Å². The number of hydrogen-bond acceptors (Lipinski definition) is 12. The van der Waals surface area contributed by atoms with E-state index < -0.39 is 63.4 Å². The lowest BCUT2D eigenvalue weighted by Crippen LogP contribution is -2.56. The van der Waals surface area contributed by atoms with E-state index in [1.54, 1.807) is 18.2 Å². The number of ether oxygens (including phenoxy) is 2. The Labute approximate surface area is 335 Å². The van der Waals surface area contributed by atoms with Crippen LogP contribution in [0.1, 0.15) is 84.5 Å². The predicted octanol–water partition coefficient (Wildman–Crippen LogP) is 5.45. The lowest BCUT2D eigenvalue weighted by Gasteiger charge is -2.29. The first-order valence-electron chi connectivity index (χ1n) is 19.7. The van der Waals surface area contributed by atoms with E-state index in [-0.39, 0.29) is 47.7 Å². The number of rotatable bonds is 9. The number of carboxylic acids is 1. The fourth-order valence-electron chi connectivity index (χ4n) is 8.08. The van der Waals surface area contributed by atoms with Crippen molar-refractivity contribution >= 4 is 61.1 Å². The molecule has 2 saturated carbocycles. The zero-order chi connectivity index (χ0) is 40.5. The maximum Gasteiger partial charge on any atom is 0.408 e. The molecule has 3 aromatic rings. The van der Waals surface area contributed by atoms with Crippen LogP contribution in [0.4, 0.5) is 9.93 Å². The molecule has 2 aliphatic heterocycles. The second-order valence-corrected chi connectivity index (χ2v) is 18.7. The number of para-hydroxylation sites is 1. The van der Waals surface area contributed by atoms with E-state index in [1.807, 2.05) is 31.4 Å². The van der Waals surface area contributed by atoms with Crippen molar-refractivity contribution in [3.05, 3.63) is 41.8 Å². The van der Waals surface area contributed by atoms with Crippen LogP contribution in [0.15, 0.2) is 46.7 Å². The Balaban J connectivity index is 1.23. The summed E-state index contributed by atoms with van der Waals surface area (Å²) in [6.07, 6.45) is 10.1. The van der Waals surface area contributed by atoms with Gasteiger partial charge in [-0.3, -0.25) is 9.59 Å². The maximum atomic E-state index is 14.6. The van der Waals surface area contributed by atoms with Crippen LogP contribution in [0, 0.1) is 5.92 Å². The van der Waals surface area contributed by atoms with Gasteiger partial charge in [-0.25, -0.2) is 28.0 Å². The molecule has 3 amide bonds. The van der Waals surface area contributed by atoms with Crippen molar-refractivity contribution in [2.75, 3.05) is 18.1 Å². The summed E-state index contributed by atoms with van der Waals surface area (Å²) in [6, 6.07) is 4.44. The number of carbonyl (C=O) groups is 4. The number of alkyl carbamates (subject to hydrolysis) is 1. The molecular formula is C40H50N6O9S2. The number of allylic oxidation sites excluding steroid dienone is 1. The number of sulfone groups is 1. The molecule has 0 bridgehead atoms. The van der Waals surface area contributed by atoms with Gasteiger partial charge in [0.05, 0.1) is 22.7 Å². The Bertz CT molecular complexity index is 2170. The largest absolute Gasteiger partial charge is 0.488 e. The Kier molecular flexibility index (Phi) is 11.8. The highest BCUT2D eigenvalue weighted by molar-refractivity contribution is 7.91. The van der Waals surface area contributed by atoms with Crippen molar-refractivity contribution in [2.45, 2.75) is 125 Å². The van der Waals surface area contributed by atoms with Crippen LogP contribution in [-0.4, -0.2) is 101 Å². The molecule has 306 valence electrons. The lowest BCUT2D eigenvalue weighted by atomic mass is 10.0. The number of pyridine rings is 1. The van der Waals surface area contributed by atoms with Crippen LogP contribution in [0.3, 0.4) is 0 Å². The van der Waals surface area contributed by atoms with E-state index in [0.717, 1.165) is 51.2 Å². The summed E-state index contributed by atoms with van der Waals surface area (Å²) >= 11 is 1.38. The number of carboxylic acid groups (broad SMARTS) is 1. The molecule has 4 aliphatic rings. The molecule has 2 aromatic heterocycles. The monoisotopic (exact) mass is 822 g/mol. The predicted molar refractivity (Wildman–Crippen MR) is 214 cm³/mol. The third-order valence-corrected chi connectivity index (χ3v) is 13.0. The van der Waals surface area contributed by atoms with Crippen LogP contribution in [0.5, 0.6) is 5.75 Å². The van der Waals surface area contributed by atoms with Crippen LogP contribution in [0.25, 0.3) is 22.3 Å². The Hall–Kier alpha value is -4.77. The molecule has 2 aliphatic carbocycles. The molecule has 17 heteroatoms.